The average molecular weight is 1640 g/mol. The molecule has 0 atom stereocenters. The van der Waals surface area contributed by atoms with Crippen molar-refractivity contribution in [1.29, 1.82) is 0 Å². The van der Waals surface area contributed by atoms with Crippen LogP contribution in [0.3, 0.4) is 0 Å². The van der Waals surface area contributed by atoms with E-state index in [9.17, 15) is 17.8 Å². The lowest BCUT2D eigenvalue weighted by atomic mass is 9.33. The van der Waals surface area contributed by atoms with Crippen molar-refractivity contribution in [3.63, 3.8) is 0 Å². The van der Waals surface area contributed by atoms with Crippen LogP contribution in [0.2, 0.25) is 0 Å². The molecule has 12 aromatic carbocycles. The Hall–Kier alpha value is -9.70. The van der Waals surface area contributed by atoms with Gasteiger partial charge in [-0.2, -0.15) is 0 Å². The second-order valence-corrected chi connectivity index (χ2v) is 47.9. The van der Waals surface area contributed by atoms with Gasteiger partial charge in [-0.1, -0.05) is 425 Å². The molecule has 2 aliphatic heterocycles. The van der Waals surface area contributed by atoms with Crippen LogP contribution in [0.15, 0.2) is 224 Å². The van der Waals surface area contributed by atoms with Crippen molar-refractivity contribution >= 4 is 57.2 Å². The first-order chi connectivity index (χ1) is 62.4. The van der Waals surface area contributed by atoms with Crippen LogP contribution in [0, 0.1) is 0 Å². The lowest BCUT2D eigenvalue weighted by molar-refractivity contribution is 0.568. The molecule has 12 aromatic rings. The van der Waals surface area contributed by atoms with E-state index in [0.717, 1.165) is 106 Å². The first-order valence-corrected chi connectivity index (χ1v) is 44.8. The van der Waals surface area contributed by atoms with E-state index in [1.165, 1.54) is 0 Å². The average Bonchev–Trinajstić information content (AvgIpc) is 0.676. The zero-order chi connectivity index (χ0) is 102. The van der Waals surface area contributed by atoms with Gasteiger partial charge in [0.1, 0.15) is 0 Å². The molecule has 0 N–H and O–H groups in total. The summed E-state index contributed by atoms with van der Waals surface area (Å²) in [6.07, 6.45) is 0. The maximum Gasteiger partial charge on any atom is 0.252 e. The van der Waals surface area contributed by atoms with Crippen LogP contribution in [-0.2, 0) is 65.0 Å². The summed E-state index contributed by atoms with van der Waals surface area (Å²) in [5.74, 6) is 0. The van der Waals surface area contributed by atoms with E-state index in [1.807, 2.05) is 95.2 Å². The highest BCUT2D eigenvalue weighted by Crippen LogP contribution is 2.59. The molecule has 0 unspecified atom stereocenters. The van der Waals surface area contributed by atoms with Crippen molar-refractivity contribution < 1.29 is 19.2 Å². The van der Waals surface area contributed by atoms with Crippen molar-refractivity contribution in [2.24, 2.45) is 0 Å². The maximum absolute atomic E-state index is 11.9. The molecule has 0 amide bonds. The van der Waals surface area contributed by atoms with Crippen LogP contribution >= 0.6 is 0 Å². The lowest BCUT2D eigenvalue weighted by Gasteiger charge is -2.46. The first-order valence-electron chi connectivity index (χ1n) is 51.8. The molecule has 2 heterocycles. The Morgan fingerprint density at radius 3 is 1.02 bits per heavy atom. The highest BCUT2D eigenvalue weighted by atomic mass is 15.2. The Bertz CT molecular complexity index is 6870. The van der Waals surface area contributed by atoms with E-state index in [4.69, 9.17) is 1.37 Å². The van der Waals surface area contributed by atoms with Crippen molar-refractivity contribution in [2.75, 3.05) is 9.80 Å². The number of rotatable bonds is 9. The number of benzene rings is 12. The zero-order valence-electron chi connectivity index (χ0n) is 95.3. The van der Waals surface area contributed by atoms with E-state index in [0.29, 0.717) is 33.8 Å². The van der Waals surface area contributed by atoms with Gasteiger partial charge in [0.05, 0.1) is 30.6 Å². The van der Waals surface area contributed by atoms with E-state index in [1.54, 1.807) is 0 Å². The van der Waals surface area contributed by atoms with Gasteiger partial charge in [0.2, 0.25) is 0 Å². The quantitative estimate of drug-likeness (QED) is 0.133. The van der Waals surface area contributed by atoms with Crippen LogP contribution in [-0.4, -0.2) is 6.71 Å². The van der Waals surface area contributed by atoms with Gasteiger partial charge < -0.3 is 9.80 Å². The molecule has 638 valence electrons. The minimum Gasteiger partial charge on any atom is -0.310 e. The minimum absolute atomic E-state index is 0.0160. The Kier molecular flexibility index (Phi) is 18.0. The highest BCUT2D eigenvalue weighted by Gasteiger charge is 2.48. The molecule has 0 saturated heterocycles. The van der Waals surface area contributed by atoms with E-state index in [2.05, 4.69) is 303 Å². The smallest absolute Gasteiger partial charge is 0.252 e. The molecule has 0 radical (unpaired) electrons. The predicted octanol–water partition coefficient (Wildman–Crippen LogP) is 33.0. The number of nitrogens with zero attached hydrogens (tertiary/aromatic N) is 2. The molecule has 2 aliphatic rings. The van der Waals surface area contributed by atoms with E-state index in [-0.39, 0.29) is 126 Å². The predicted molar refractivity (Wildman–Crippen MR) is 543 cm³/mol. The van der Waals surface area contributed by atoms with Crippen LogP contribution in [0.5, 0.6) is 0 Å². The number of hydrogen-bond acceptors (Lipinski definition) is 2. The third-order valence-corrected chi connectivity index (χ3v) is 25.2. The third kappa shape index (κ3) is 17.5. The van der Waals surface area contributed by atoms with Crippen molar-refractivity contribution in [3.05, 3.63) is 291 Å². The molecule has 0 aromatic heterocycles. The fourth-order valence-electron chi connectivity index (χ4n) is 17.5. The summed E-state index contributed by atoms with van der Waals surface area (Å²) in [6.45, 7) is 76.2. The molecule has 0 saturated carbocycles. The van der Waals surface area contributed by atoms with Crippen LogP contribution in [0.1, 0.15) is 335 Å². The summed E-state index contributed by atoms with van der Waals surface area (Å²) in [6, 6.07) is 46.9. The van der Waals surface area contributed by atoms with Crippen molar-refractivity contribution in [1.82, 2.24) is 0 Å². The molecule has 0 aliphatic carbocycles. The Balaban J connectivity index is 1.40. The number of anilines is 6. The molecule has 0 fully saturated rings. The lowest BCUT2D eigenvalue weighted by Crippen LogP contribution is -2.61. The molecular formula is C120H145BN2. The fraction of sp³-hybridized carbons (Fsp3) is 0.400. The molecular weight excluding hydrogens is 1480 g/mol. The van der Waals surface area contributed by atoms with Gasteiger partial charge >= 0.3 is 0 Å². The van der Waals surface area contributed by atoms with Crippen molar-refractivity contribution in [3.8, 4) is 77.9 Å². The molecule has 0 spiro atoms. The third-order valence-electron chi connectivity index (χ3n) is 25.2. The summed E-state index contributed by atoms with van der Waals surface area (Å²) in [4.78, 5) is 4.58. The number of hydrogen-bond donors (Lipinski definition) is 0. The summed E-state index contributed by atoms with van der Waals surface area (Å²) in [5, 5.41) is 0. The minimum atomic E-state index is -1.12. The van der Waals surface area contributed by atoms with E-state index < -0.39 is 85.7 Å². The molecule has 123 heavy (non-hydrogen) atoms. The Morgan fingerprint density at radius 2 is 0.577 bits per heavy atom. The molecule has 0 bridgehead atoms. The van der Waals surface area contributed by atoms with Gasteiger partial charge in [-0.3, -0.25) is 0 Å². The number of fused-ring (bicyclic) bond motifs is 4. The normalized spacial score (nSPS) is 15.6. The highest BCUT2D eigenvalue weighted by molar-refractivity contribution is 7.00. The Morgan fingerprint density at radius 1 is 0.211 bits per heavy atom. The molecule has 2 nitrogen and oxygen atoms in total. The zero-order valence-corrected chi connectivity index (χ0v) is 81.3. The molecule has 3 heteroatoms. The summed E-state index contributed by atoms with van der Waals surface area (Å²) in [7, 11) is 0. The topological polar surface area (TPSA) is 6.48 Å². The Labute approximate surface area is 765 Å². The molecule has 14 rings (SSSR count). The van der Waals surface area contributed by atoms with Gasteiger partial charge in [-0.05, 0) is 252 Å². The second-order valence-electron chi connectivity index (χ2n) is 47.9. The van der Waals surface area contributed by atoms with Gasteiger partial charge in [0, 0.05) is 45.0 Å². The van der Waals surface area contributed by atoms with Gasteiger partial charge in [-0.15, -0.1) is 0 Å². The summed E-state index contributed by atoms with van der Waals surface area (Å²) >= 11 is 0. The van der Waals surface area contributed by atoms with Crippen molar-refractivity contribution in [2.45, 2.75) is 314 Å². The summed E-state index contributed by atoms with van der Waals surface area (Å²) < 4.78 is 147. The monoisotopic (exact) mass is 1640 g/mol. The first kappa shape index (κ1) is 72.6. The standard InChI is InChI=1S/C120H145BN2/c1-109(2,3)81-50-46-75(47-51-81)92-69-88(116(22,23)24)72-96(93-68-82(110(4,5)6)53-55-98(93)119(31,32)33)107(92)122-103-63-77(78-58-84(112(10,11)12)66-85(59-78)113(13,14)15)49-57-101(103)121-100-56-48-76(74-42-38-37-39-43-74)62-102(100)123(105-65-80(64-104(122)106(105)121)79-60-86(114(16,17)18)67-87(61-79)115(19,20)21)108-94(90-44-40-41-45-97(90)118(28,29)30)70-89(117(25,26)27)71-95(108)91-54-52-83(111(7,8)9)73-99(91)120(34,35)36/h37-73H,1-36H3/i37D,38D,39D,42D,43D,46D,47D,50D,51D,53D,55D,68D,69D,72D. The van der Waals surface area contributed by atoms with E-state index >= 15 is 0 Å². The van der Waals surface area contributed by atoms with Gasteiger partial charge in [-0.25, -0.2) is 0 Å². The van der Waals surface area contributed by atoms with Crippen LogP contribution < -0.4 is 26.2 Å². The maximum atomic E-state index is 11.9. The largest absolute Gasteiger partial charge is 0.310 e. The summed E-state index contributed by atoms with van der Waals surface area (Å²) in [5.41, 5.74) is 14.8. The van der Waals surface area contributed by atoms with Crippen LogP contribution in [0.25, 0.3) is 77.9 Å². The van der Waals surface area contributed by atoms with Gasteiger partial charge in [0.25, 0.3) is 6.71 Å². The van der Waals surface area contributed by atoms with Crippen LogP contribution in [0.4, 0.5) is 34.1 Å². The SMILES string of the molecule is [2H]c1c([2H])c([2H])c(-c2ccc3c(c2)N(c2c(-c4ccccc4C(C)(C)C)cc(C(C)(C)C)cc2-c2ccc(C(C)(C)C)cc2C(C)(C)C)c2cc(-c4cc(C(C)(C)C)cc(C(C)(C)C)c4)cc4c2B3c2ccc(-c3cc(C(C)(C)C)cc(C(C)(C)C)c3)cc2N4c2c(-c3c([2H])c([2H])c(C(C)(C)C)c([2H])c3[2H])c([2H])c(C(C)(C)C)c([2H])c2-c2c([2H])c(C(C)(C)C)c([2H])c([2H])c2C(C)(C)C)c([2H])c1[2H]. The van der Waals surface area contributed by atoms with Gasteiger partial charge in [0.15, 0.2) is 0 Å². The second kappa shape index (κ2) is 30.6. The fourth-order valence-corrected chi connectivity index (χ4v) is 17.5.